The molecule has 204 valence electrons. The Bertz CT molecular complexity index is 1620. The summed E-state index contributed by atoms with van der Waals surface area (Å²) >= 11 is 0. The van der Waals surface area contributed by atoms with Gasteiger partial charge in [0.1, 0.15) is 27.1 Å². The molecule has 13 nitrogen and oxygen atoms in total. The van der Waals surface area contributed by atoms with Crippen LogP contribution in [0.25, 0.3) is 0 Å². The predicted octanol–water partition coefficient (Wildman–Crippen LogP) is -1.64. The molecule has 3 amide bonds. The molecule has 4 radical (unpaired) electrons. The van der Waals surface area contributed by atoms with Crippen LogP contribution in [-0.4, -0.2) is 89.6 Å². The zero-order valence-electron chi connectivity index (χ0n) is 22.6. The summed E-state index contributed by atoms with van der Waals surface area (Å²) in [7, 11) is 14.9. The molecule has 15 heteroatoms. The summed E-state index contributed by atoms with van der Waals surface area (Å²) in [6.07, 6.45) is 2.89. The van der Waals surface area contributed by atoms with Crippen molar-refractivity contribution in [3.05, 3.63) is 71.3 Å². The number of carbonyl (C=O) groups excluding carboxylic acids is 3. The van der Waals surface area contributed by atoms with Gasteiger partial charge < -0.3 is 20.4 Å². The van der Waals surface area contributed by atoms with E-state index < -0.39 is 0 Å². The van der Waals surface area contributed by atoms with E-state index in [1.807, 2.05) is 18.2 Å². The highest BCUT2D eigenvalue weighted by molar-refractivity contribution is 6.33. The van der Waals surface area contributed by atoms with Crippen molar-refractivity contribution in [3.63, 3.8) is 0 Å². The van der Waals surface area contributed by atoms with Crippen LogP contribution in [0.15, 0.2) is 48.8 Å². The molecule has 4 heterocycles. The molecule has 2 aliphatic heterocycles. The second kappa shape index (κ2) is 11.8. The number of benzene rings is 2. The molecule has 2 aromatic heterocycles. The Morgan fingerprint density at radius 1 is 0.805 bits per heavy atom. The Hall–Kier alpha value is -4.78. The van der Waals surface area contributed by atoms with Gasteiger partial charge in [0, 0.05) is 52.5 Å². The molecule has 0 fully saturated rings. The summed E-state index contributed by atoms with van der Waals surface area (Å²) in [6, 6.07) is 10.5. The Labute approximate surface area is 238 Å². The molecular weight excluding hydrogens is 522 g/mol. The summed E-state index contributed by atoms with van der Waals surface area (Å²) in [6.45, 7) is 2.76. The average Bonchev–Trinajstić information content (AvgIpc) is 3.48. The van der Waals surface area contributed by atoms with E-state index in [9.17, 15) is 14.4 Å². The maximum Gasteiger partial charge on any atom is 0.278 e. The van der Waals surface area contributed by atoms with Crippen LogP contribution in [-0.2, 0) is 20.6 Å². The third-order valence-corrected chi connectivity index (χ3v) is 6.76. The molecule has 0 spiro atoms. The number of anilines is 2. The normalized spacial score (nSPS) is 14.5. The van der Waals surface area contributed by atoms with E-state index in [0.29, 0.717) is 59.7 Å². The lowest BCUT2D eigenvalue weighted by atomic mass is 9.93. The minimum atomic E-state index is -0.259. The third-order valence-electron chi connectivity index (χ3n) is 6.76. The van der Waals surface area contributed by atoms with Crippen molar-refractivity contribution in [1.29, 1.82) is 0 Å². The summed E-state index contributed by atoms with van der Waals surface area (Å²) in [5.41, 5.74) is 4.81. The van der Waals surface area contributed by atoms with Crippen molar-refractivity contribution in [2.24, 2.45) is 14.1 Å². The predicted molar refractivity (Wildman–Crippen MR) is 153 cm³/mol. The number of hydrogen-bond donors (Lipinski definition) is 2. The minimum Gasteiger partial charge on any atom is -0.350 e. The number of carbonyl (C=O) groups is 3. The van der Waals surface area contributed by atoms with Crippen LogP contribution >= 0.6 is 0 Å². The fourth-order valence-corrected chi connectivity index (χ4v) is 4.68. The number of nitrogens with zero attached hydrogens (tertiary/aromatic N) is 8. The first-order chi connectivity index (χ1) is 19.7. The first kappa shape index (κ1) is 27.8. The van der Waals surface area contributed by atoms with E-state index in [1.54, 1.807) is 37.2 Å². The monoisotopic (exact) mass is 548 g/mol. The van der Waals surface area contributed by atoms with E-state index in [0.717, 1.165) is 17.8 Å². The van der Waals surface area contributed by atoms with Gasteiger partial charge in [-0.1, -0.05) is 45.6 Å². The molecule has 0 atom stereocenters. The van der Waals surface area contributed by atoms with Gasteiger partial charge in [0.15, 0.2) is 0 Å². The number of fused-ring (bicyclic) bond motifs is 2. The number of hydrogen-bond acceptors (Lipinski definition) is 8. The molecule has 2 aromatic carbocycles. The largest absolute Gasteiger partial charge is 0.350 e. The fourth-order valence-electron chi connectivity index (χ4n) is 4.68. The first-order valence-electron chi connectivity index (χ1n) is 12.8. The van der Waals surface area contributed by atoms with Gasteiger partial charge in [-0.25, -0.2) is 9.36 Å². The van der Waals surface area contributed by atoms with Crippen molar-refractivity contribution in [2.45, 2.75) is 6.54 Å². The molecule has 2 aliphatic rings. The number of rotatable bonds is 2. The second-order valence-electron chi connectivity index (χ2n) is 9.50. The molecule has 6 rings (SSSR count). The van der Waals surface area contributed by atoms with Gasteiger partial charge in [-0.15, -0.1) is 10.2 Å². The highest BCUT2D eigenvalue weighted by atomic mass is 16.2. The minimum absolute atomic E-state index is 0.104. The SMILES string of the molecule is [B]c1ccc2c(c1)C(=O)NCCN2C(=O)c1cnnn1C.[B]c1ccc2c(c1)CNCCN2C(=O)c1cnnn1C. The summed E-state index contributed by atoms with van der Waals surface area (Å²) in [4.78, 5) is 40.6. The molecule has 0 saturated carbocycles. The maximum atomic E-state index is 12.6. The zero-order valence-corrected chi connectivity index (χ0v) is 22.6. The molecule has 0 bridgehead atoms. The Morgan fingerprint density at radius 2 is 1.37 bits per heavy atom. The Balaban J connectivity index is 0.000000165. The second-order valence-corrected chi connectivity index (χ2v) is 9.50. The standard InChI is InChI=1S/C13H12BN5O2.C13H14BN5O/c1-18-11(7-16-17-18)13(21)19-5-4-15-12(20)9-6-8(14)2-3-10(9)19;1-18-12(8-16-17-18)13(20)19-5-4-15-7-9-6-10(14)2-3-11(9)19/h2-3,6-7H,4-5H2,1H3,(H,15,20);2-3,6,8,15H,4-5,7H2,1H3. The molecule has 4 aromatic rings. The Kier molecular flexibility index (Phi) is 7.97. The van der Waals surface area contributed by atoms with Gasteiger partial charge in [0.05, 0.1) is 23.6 Å². The van der Waals surface area contributed by atoms with Crippen LogP contribution < -0.4 is 31.4 Å². The lowest BCUT2D eigenvalue weighted by molar-refractivity contribution is 0.0951. The van der Waals surface area contributed by atoms with Gasteiger partial charge >= 0.3 is 0 Å². The molecular formula is C26H26B2N10O3. The van der Waals surface area contributed by atoms with Gasteiger partial charge in [-0.2, -0.15) is 0 Å². The maximum absolute atomic E-state index is 12.6. The van der Waals surface area contributed by atoms with Crippen molar-refractivity contribution in [3.8, 4) is 0 Å². The molecule has 0 saturated heterocycles. The highest BCUT2D eigenvalue weighted by Crippen LogP contribution is 2.24. The number of aryl methyl sites for hydroxylation is 2. The smallest absolute Gasteiger partial charge is 0.278 e. The lowest BCUT2D eigenvalue weighted by Gasteiger charge is -2.22. The van der Waals surface area contributed by atoms with Crippen LogP contribution in [0.3, 0.4) is 0 Å². The third kappa shape index (κ3) is 5.75. The molecule has 41 heavy (non-hydrogen) atoms. The van der Waals surface area contributed by atoms with Crippen LogP contribution in [0.5, 0.6) is 0 Å². The number of amides is 3. The van der Waals surface area contributed by atoms with E-state index >= 15 is 0 Å². The van der Waals surface area contributed by atoms with Gasteiger partial charge in [0.2, 0.25) is 0 Å². The first-order valence-corrected chi connectivity index (χ1v) is 12.8. The number of nitrogens with one attached hydrogen (secondary N) is 2. The number of aromatic nitrogens is 6. The quantitative estimate of drug-likeness (QED) is 0.284. The lowest BCUT2D eigenvalue weighted by Crippen LogP contribution is -2.36. The van der Waals surface area contributed by atoms with Crippen molar-refractivity contribution < 1.29 is 14.4 Å². The molecule has 0 unspecified atom stereocenters. The van der Waals surface area contributed by atoms with Crippen molar-refractivity contribution in [2.75, 3.05) is 36.0 Å². The van der Waals surface area contributed by atoms with Crippen molar-refractivity contribution in [1.82, 2.24) is 40.6 Å². The van der Waals surface area contributed by atoms with Crippen LogP contribution in [0.1, 0.15) is 36.9 Å². The van der Waals surface area contributed by atoms with Gasteiger partial charge in [-0.05, 0) is 17.7 Å². The topological polar surface area (TPSA) is 143 Å². The highest BCUT2D eigenvalue weighted by Gasteiger charge is 2.28. The van der Waals surface area contributed by atoms with E-state index in [4.69, 9.17) is 15.7 Å². The van der Waals surface area contributed by atoms with E-state index in [-0.39, 0.29) is 17.7 Å². The van der Waals surface area contributed by atoms with Crippen molar-refractivity contribution >= 4 is 55.7 Å². The van der Waals surface area contributed by atoms with Crippen LogP contribution in [0, 0.1) is 0 Å². The fraction of sp³-hybridized carbons (Fsp3) is 0.269. The van der Waals surface area contributed by atoms with Gasteiger partial charge in [-0.3, -0.25) is 14.4 Å². The molecule has 2 N–H and O–H groups in total. The summed E-state index contributed by atoms with van der Waals surface area (Å²) in [5.74, 6) is -0.604. The molecule has 0 aliphatic carbocycles. The van der Waals surface area contributed by atoms with E-state index in [2.05, 4.69) is 31.3 Å². The van der Waals surface area contributed by atoms with Crippen LogP contribution in [0.2, 0.25) is 0 Å². The average molecular weight is 548 g/mol. The Morgan fingerprint density at radius 3 is 1.98 bits per heavy atom. The van der Waals surface area contributed by atoms with Crippen LogP contribution in [0.4, 0.5) is 11.4 Å². The van der Waals surface area contributed by atoms with E-state index in [1.165, 1.54) is 26.7 Å². The summed E-state index contributed by atoms with van der Waals surface area (Å²) in [5, 5.41) is 21.1. The summed E-state index contributed by atoms with van der Waals surface area (Å²) < 4.78 is 2.89. The zero-order chi connectivity index (χ0) is 29.1. The van der Waals surface area contributed by atoms with Gasteiger partial charge in [0.25, 0.3) is 17.7 Å².